The molecule has 0 spiro atoms. The van der Waals surface area contributed by atoms with Crippen LogP contribution < -0.4 is 5.73 Å². The molecule has 0 bridgehead atoms. The minimum absolute atomic E-state index is 0.0198. The van der Waals surface area contributed by atoms with Crippen molar-refractivity contribution in [3.05, 3.63) is 42.2 Å². The maximum Gasteiger partial charge on any atom is 0.286 e. The summed E-state index contributed by atoms with van der Waals surface area (Å²) in [6.45, 7) is 1.15. The predicted molar refractivity (Wildman–Crippen MR) is 71.9 cm³/mol. The second kappa shape index (κ2) is 4.06. The Labute approximate surface area is 114 Å². The molecule has 2 heterocycles. The number of amides is 3. The minimum atomic E-state index is -0.768. The third-order valence-corrected chi connectivity index (χ3v) is 3.25. The molecule has 3 amide bonds. The SMILES string of the molecule is CC(=O)N1C(=O)C(N)=C(n2ccc3ccccc32)C1=O. The summed E-state index contributed by atoms with van der Waals surface area (Å²) >= 11 is 0. The molecular formula is C14H11N3O3. The number of aromatic nitrogens is 1. The average Bonchev–Trinajstić information content (AvgIpc) is 2.91. The summed E-state index contributed by atoms with van der Waals surface area (Å²) in [5.41, 5.74) is 6.27. The van der Waals surface area contributed by atoms with E-state index in [1.807, 2.05) is 30.3 Å². The fraction of sp³-hybridized carbons (Fsp3) is 0.0714. The number of imide groups is 3. The molecule has 20 heavy (non-hydrogen) atoms. The third kappa shape index (κ3) is 1.48. The first-order chi connectivity index (χ1) is 9.52. The number of benzene rings is 1. The van der Waals surface area contributed by atoms with Gasteiger partial charge in [-0.05, 0) is 17.5 Å². The van der Waals surface area contributed by atoms with E-state index < -0.39 is 17.7 Å². The standard InChI is InChI=1S/C14H11N3O3/c1-8(18)17-13(19)11(15)12(14(17)20)16-7-6-9-4-2-3-5-10(9)16/h2-7H,15H2,1H3. The van der Waals surface area contributed by atoms with Gasteiger partial charge in [-0.2, -0.15) is 0 Å². The first-order valence-electron chi connectivity index (χ1n) is 5.98. The Morgan fingerprint density at radius 2 is 1.80 bits per heavy atom. The fourth-order valence-electron chi connectivity index (χ4n) is 2.33. The van der Waals surface area contributed by atoms with Crippen LogP contribution in [0.2, 0.25) is 0 Å². The molecule has 0 radical (unpaired) electrons. The quantitative estimate of drug-likeness (QED) is 0.771. The van der Waals surface area contributed by atoms with Crippen LogP contribution in [0.15, 0.2) is 42.2 Å². The van der Waals surface area contributed by atoms with Gasteiger partial charge in [-0.25, -0.2) is 4.90 Å². The van der Waals surface area contributed by atoms with Crippen molar-refractivity contribution < 1.29 is 14.4 Å². The van der Waals surface area contributed by atoms with E-state index in [2.05, 4.69) is 0 Å². The largest absolute Gasteiger partial charge is 0.392 e. The average molecular weight is 269 g/mol. The first kappa shape index (κ1) is 12.2. The number of carbonyl (C=O) groups is 3. The molecule has 6 nitrogen and oxygen atoms in total. The molecule has 1 aliphatic heterocycles. The number of hydrogen-bond donors (Lipinski definition) is 1. The van der Waals surface area contributed by atoms with Crippen LogP contribution in [0.1, 0.15) is 6.92 Å². The van der Waals surface area contributed by atoms with E-state index in [1.165, 1.54) is 4.57 Å². The second-order valence-corrected chi connectivity index (χ2v) is 4.47. The van der Waals surface area contributed by atoms with E-state index >= 15 is 0 Å². The molecular weight excluding hydrogens is 258 g/mol. The van der Waals surface area contributed by atoms with Crippen LogP contribution in [-0.4, -0.2) is 27.2 Å². The Morgan fingerprint density at radius 3 is 2.45 bits per heavy atom. The number of rotatable bonds is 1. The van der Waals surface area contributed by atoms with Gasteiger partial charge in [-0.3, -0.25) is 14.4 Å². The summed E-state index contributed by atoms with van der Waals surface area (Å²) in [7, 11) is 0. The zero-order valence-corrected chi connectivity index (χ0v) is 10.7. The van der Waals surface area contributed by atoms with Crippen molar-refractivity contribution in [3.8, 4) is 0 Å². The summed E-state index contributed by atoms with van der Waals surface area (Å²) in [6.07, 6.45) is 1.65. The van der Waals surface area contributed by atoms with Gasteiger partial charge < -0.3 is 10.3 Å². The highest BCUT2D eigenvalue weighted by Crippen LogP contribution is 2.26. The Hall–Kier alpha value is -2.89. The lowest BCUT2D eigenvalue weighted by Gasteiger charge is -2.10. The number of hydrogen-bond acceptors (Lipinski definition) is 4. The van der Waals surface area contributed by atoms with Gasteiger partial charge in [-0.1, -0.05) is 18.2 Å². The van der Waals surface area contributed by atoms with Gasteiger partial charge in [-0.15, -0.1) is 0 Å². The van der Waals surface area contributed by atoms with E-state index in [9.17, 15) is 14.4 Å². The molecule has 2 N–H and O–H groups in total. The molecule has 2 aromatic rings. The number of para-hydroxylation sites is 1. The Morgan fingerprint density at radius 1 is 1.10 bits per heavy atom. The van der Waals surface area contributed by atoms with Crippen LogP contribution in [0, 0.1) is 0 Å². The second-order valence-electron chi connectivity index (χ2n) is 4.47. The van der Waals surface area contributed by atoms with E-state index in [-0.39, 0.29) is 11.4 Å². The van der Waals surface area contributed by atoms with Gasteiger partial charge in [0.05, 0.1) is 5.52 Å². The molecule has 0 fully saturated rings. The highest BCUT2D eigenvalue weighted by Gasteiger charge is 2.40. The summed E-state index contributed by atoms with van der Waals surface area (Å²) in [5, 5.41) is 0.911. The smallest absolute Gasteiger partial charge is 0.286 e. The number of nitrogens with two attached hydrogens (primary N) is 1. The fourth-order valence-corrected chi connectivity index (χ4v) is 2.33. The van der Waals surface area contributed by atoms with E-state index in [4.69, 9.17) is 5.73 Å². The zero-order valence-electron chi connectivity index (χ0n) is 10.7. The number of fused-ring (bicyclic) bond motifs is 1. The summed E-state index contributed by atoms with van der Waals surface area (Å²) < 4.78 is 1.54. The van der Waals surface area contributed by atoms with E-state index in [1.54, 1.807) is 6.20 Å². The topological polar surface area (TPSA) is 85.4 Å². The molecule has 1 aliphatic rings. The molecule has 0 aliphatic carbocycles. The highest BCUT2D eigenvalue weighted by atomic mass is 16.2. The van der Waals surface area contributed by atoms with Crippen LogP contribution in [0.4, 0.5) is 0 Å². The van der Waals surface area contributed by atoms with Crippen LogP contribution in [0.5, 0.6) is 0 Å². The van der Waals surface area contributed by atoms with Gasteiger partial charge in [0.1, 0.15) is 11.4 Å². The maximum atomic E-state index is 12.2. The third-order valence-electron chi connectivity index (χ3n) is 3.25. The molecule has 6 heteroatoms. The van der Waals surface area contributed by atoms with Crippen molar-refractivity contribution in [1.82, 2.24) is 9.47 Å². The summed E-state index contributed by atoms with van der Waals surface area (Å²) in [6, 6.07) is 9.19. The van der Waals surface area contributed by atoms with Gasteiger partial charge in [0.2, 0.25) is 5.91 Å². The summed E-state index contributed by atoms with van der Waals surface area (Å²) in [5.74, 6) is -2.11. The molecule has 3 rings (SSSR count). The Bertz CT molecular complexity index is 801. The molecule has 0 saturated heterocycles. The molecule has 0 unspecified atom stereocenters. The zero-order chi connectivity index (χ0) is 14.4. The molecule has 0 saturated carbocycles. The van der Waals surface area contributed by atoms with Gasteiger partial charge >= 0.3 is 0 Å². The lowest BCUT2D eigenvalue weighted by atomic mass is 10.2. The van der Waals surface area contributed by atoms with Gasteiger partial charge in [0.25, 0.3) is 11.8 Å². The van der Waals surface area contributed by atoms with E-state index in [0.29, 0.717) is 4.90 Å². The van der Waals surface area contributed by atoms with Gasteiger partial charge in [0.15, 0.2) is 0 Å². The van der Waals surface area contributed by atoms with Crippen LogP contribution in [0.3, 0.4) is 0 Å². The highest BCUT2D eigenvalue weighted by molar-refractivity contribution is 6.37. The summed E-state index contributed by atoms with van der Waals surface area (Å²) in [4.78, 5) is 36.1. The molecule has 1 aromatic heterocycles. The Kier molecular flexibility index (Phi) is 2.47. The predicted octanol–water partition coefficient (Wildman–Crippen LogP) is 0.684. The van der Waals surface area contributed by atoms with Crippen LogP contribution >= 0.6 is 0 Å². The van der Waals surface area contributed by atoms with Crippen molar-refractivity contribution in [1.29, 1.82) is 0 Å². The van der Waals surface area contributed by atoms with Crippen molar-refractivity contribution in [3.63, 3.8) is 0 Å². The minimum Gasteiger partial charge on any atom is -0.392 e. The first-order valence-corrected chi connectivity index (χ1v) is 5.98. The van der Waals surface area contributed by atoms with E-state index in [0.717, 1.165) is 17.8 Å². The Balaban J connectivity index is 2.22. The van der Waals surface area contributed by atoms with Crippen LogP contribution in [0.25, 0.3) is 16.6 Å². The monoisotopic (exact) mass is 269 g/mol. The van der Waals surface area contributed by atoms with Crippen LogP contribution in [-0.2, 0) is 14.4 Å². The number of nitrogens with zero attached hydrogens (tertiary/aromatic N) is 2. The molecule has 100 valence electrons. The molecule has 0 atom stereocenters. The van der Waals surface area contributed by atoms with Crippen molar-refractivity contribution >= 4 is 34.3 Å². The number of carbonyl (C=O) groups excluding carboxylic acids is 3. The molecule has 1 aromatic carbocycles. The normalized spacial score (nSPS) is 15.6. The van der Waals surface area contributed by atoms with Gasteiger partial charge in [0, 0.05) is 13.1 Å². The lowest BCUT2D eigenvalue weighted by Crippen LogP contribution is -2.36. The van der Waals surface area contributed by atoms with Crippen molar-refractivity contribution in [2.45, 2.75) is 6.92 Å². The van der Waals surface area contributed by atoms with Crippen molar-refractivity contribution in [2.24, 2.45) is 5.73 Å². The maximum absolute atomic E-state index is 12.2. The van der Waals surface area contributed by atoms with Crippen molar-refractivity contribution in [2.75, 3.05) is 0 Å². The lowest BCUT2D eigenvalue weighted by molar-refractivity contribution is -0.147.